The lowest BCUT2D eigenvalue weighted by molar-refractivity contribution is 0.0739. The monoisotopic (exact) mass is 435 g/mol. The molecule has 29 heavy (non-hydrogen) atoms. The maximum atomic E-state index is 13.8. The molecule has 1 N–H and O–H groups in total. The van der Waals surface area contributed by atoms with Gasteiger partial charge in [0.15, 0.2) is 0 Å². The fourth-order valence-electron chi connectivity index (χ4n) is 3.84. The highest BCUT2D eigenvalue weighted by molar-refractivity contribution is 6.07. The van der Waals surface area contributed by atoms with Gasteiger partial charge in [-0.2, -0.15) is 0 Å². The minimum Gasteiger partial charge on any atom is -0.334 e. The first-order valence-corrected chi connectivity index (χ1v) is 9.28. The zero-order valence-electron chi connectivity index (χ0n) is 16.1. The first-order valence-electron chi connectivity index (χ1n) is 9.28. The largest absolute Gasteiger partial charge is 0.334 e. The third-order valence-corrected chi connectivity index (χ3v) is 5.15. The van der Waals surface area contributed by atoms with Crippen LogP contribution in [0.5, 0.6) is 0 Å². The average Bonchev–Trinajstić information content (AvgIpc) is 3.15. The van der Waals surface area contributed by atoms with Gasteiger partial charge in [-0.1, -0.05) is 30.3 Å². The molecule has 3 aromatic rings. The predicted octanol–water partition coefficient (Wildman–Crippen LogP) is 4.71. The number of pyridine rings is 1. The Kier molecular flexibility index (Phi) is 7.96. The minimum absolute atomic E-state index is 0. The summed E-state index contributed by atoms with van der Waals surface area (Å²) >= 11 is 0. The van der Waals surface area contributed by atoms with Gasteiger partial charge in [0.2, 0.25) is 0 Å². The molecular formula is C22H24Cl2FN3O. The molecule has 2 heterocycles. The van der Waals surface area contributed by atoms with Crippen LogP contribution < -0.4 is 5.32 Å². The van der Waals surface area contributed by atoms with Crippen LogP contribution in [0.4, 0.5) is 4.39 Å². The molecule has 0 spiro atoms. The maximum absolute atomic E-state index is 13.8. The first-order chi connectivity index (χ1) is 13.2. The van der Waals surface area contributed by atoms with E-state index in [0.29, 0.717) is 22.2 Å². The van der Waals surface area contributed by atoms with E-state index in [9.17, 15) is 9.18 Å². The van der Waals surface area contributed by atoms with Crippen molar-refractivity contribution in [2.24, 2.45) is 0 Å². The number of nitrogens with one attached hydrogen (secondary N) is 1. The molecule has 1 aromatic heterocycles. The molecule has 4 rings (SSSR count). The lowest BCUT2D eigenvalue weighted by Gasteiger charge is -2.25. The van der Waals surface area contributed by atoms with Gasteiger partial charge in [0, 0.05) is 36.1 Å². The van der Waals surface area contributed by atoms with Gasteiger partial charge in [-0.3, -0.25) is 4.79 Å². The van der Waals surface area contributed by atoms with Crippen LogP contribution in [-0.4, -0.2) is 42.0 Å². The van der Waals surface area contributed by atoms with Crippen molar-refractivity contribution in [2.45, 2.75) is 18.9 Å². The second-order valence-electron chi connectivity index (χ2n) is 6.93. The van der Waals surface area contributed by atoms with E-state index in [0.717, 1.165) is 31.5 Å². The number of likely N-dealkylation sites (N-methyl/N-ethyl adjacent to an activating group) is 1. The molecular weight excluding hydrogens is 412 g/mol. The van der Waals surface area contributed by atoms with Gasteiger partial charge < -0.3 is 10.2 Å². The van der Waals surface area contributed by atoms with Crippen LogP contribution in [0.2, 0.25) is 0 Å². The third kappa shape index (κ3) is 4.69. The molecule has 1 aliphatic rings. The van der Waals surface area contributed by atoms with Crippen molar-refractivity contribution in [3.05, 3.63) is 66.0 Å². The van der Waals surface area contributed by atoms with Crippen molar-refractivity contribution in [3.63, 3.8) is 0 Å². The minimum atomic E-state index is -0.354. The van der Waals surface area contributed by atoms with Crippen LogP contribution in [0.1, 0.15) is 23.2 Å². The number of carbonyl (C=O) groups is 1. The summed E-state index contributed by atoms with van der Waals surface area (Å²) < 4.78 is 13.8. The van der Waals surface area contributed by atoms with Crippen molar-refractivity contribution in [1.29, 1.82) is 0 Å². The topological polar surface area (TPSA) is 45.2 Å². The molecule has 0 radical (unpaired) electrons. The number of amides is 1. The van der Waals surface area contributed by atoms with Crippen molar-refractivity contribution in [1.82, 2.24) is 15.2 Å². The molecule has 0 bridgehead atoms. The van der Waals surface area contributed by atoms with Crippen LogP contribution in [0, 0.1) is 5.82 Å². The molecule has 7 heteroatoms. The molecule has 4 nitrogen and oxygen atoms in total. The van der Waals surface area contributed by atoms with E-state index in [1.807, 2.05) is 48.3 Å². The van der Waals surface area contributed by atoms with Gasteiger partial charge in [-0.15, -0.1) is 24.8 Å². The molecule has 1 aliphatic heterocycles. The Morgan fingerprint density at radius 3 is 2.66 bits per heavy atom. The summed E-state index contributed by atoms with van der Waals surface area (Å²) in [6.45, 7) is 1.52. The molecule has 0 saturated carbocycles. The number of hydrogen-bond acceptors (Lipinski definition) is 3. The summed E-state index contributed by atoms with van der Waals surface area (Å²) in [7, 11) is 1.90. The Morgan fingerprint density at radius 2 is 1.93 bits per heavy atom. The Morgan fingerprint density at radius 1 is 1.17 bits per heavy atom. The number of fused-ring (bicyclic) bond motifs is 1. The summed E-state index contributed by atoms with van der Waals surface area (Å²) in [6.07, 6.45) is 2.00. The Balaban J connectivity index is 0.00000150. The van der Waals surface area contributed by atoms with E-state index in [1.165, 1.54) is 12.1 Å². The van der Waals surface area contributed by atoms with Gasteiger partial charge in [0.05, 0.1) is 16.8 Å². The standard InChI is InChI=1S/C22H22FN3O.2ClH/c1-24-14-17-8-5-11-26(17)22(27)19-13-20(15-6-3-2-4-7-15)25-21-12-16(23)9-10-18(19)21;;/h2-4,6-7,9-10,12-13,17,24H,5,8,11,14H2,1H3;2*1H. The van der Waals surface area contributed by atoms with E-state index in [4.69, 9.17) is 0 Å². The Labute approximate surface area is 182 Å². The molecule has 1 saturated heterocycles. The maximum Gasteiger partial charge on any atom is 0.254 e. The second kappa shape index (κ2) is 10.0. The number of likely N-dealkylation sites (tertiary alicyclic amines) is 1. The van der Waals surface area contributed by atoms with Gasteiger partial charge in [-0.05, 0) is 38.1 Å². The van der Waals surface area contributed by atoms with Gasteiger partial charge in [0.1, 0.15) is 5.82 Å². The van der Waals surface area contributed by atoms with E-state index in [1.54, 1.807) is 6.07 Å². The highest BCUT2D eigenvalue weighted by Gasteiger charge is 2.30. The van der Waals surface area contributed by atoms with E-state index in [2.05, 4.69) is 10.3 Å². The number of carbonyl (C=O) groups excluding carboxylic acids is 1. The van der Waals surface area contributed by atoms with Crippen LogP contribution >= 0.6 is 24.8 Å². The SMILES string of the molecule is CNCC1CCCN1C(=O)c1cc(-c2ccccc2)nc2cc(F)ccc12.Cl.Cl. The molecule has 2 aromatic carbocycles. The smallest absolute Gasteiger partial charge is 0.254 e. The van der Waals surface area contributed by atoms with Crippen molar-refractivity contribution in [2.75, 3.05) is 20.1 Å². The zero-order valence-corrected chi connectivity index (χ0v) is 17.7. The number of nitrogens with zero attached hydrogens (tertiary/aromatic N) is 2. The van der Waals surface area contributed by atoms with Crippen molar-refractivity contribution in [3.8, 4) is 11.3 Å². The summed E-state index contributed by atoms with van der Waals surface area (Å²) in [5, 5.41) is 3.86. The van der Waals surface area contributed by atoms with Crippen LogP contribution in [0.15, 0.2) is 54.6 Å². The number of halogens is 3. The van der Waals surface area contributed by atoms with Crippen molar-refractivity contribution < 1.29 is 9.18 Å². The fraction of sp³-hybridized carbons (Fsp3) is 0.273. The van der Waals surface area contributed by atoms with Gasteiger partial charge in [0.25, 0.3) is 5.91 Å². The summed E-state index contributed by atoms with van der Waals surface area (Å²) in [6, 6.07) is 16.1. The number of hydrogen-bond donors (Lipinski definition) is 1. The highest BCUT2D eigenvalue weighted by Crippen LogP contribution is 2.28. The molecule has 0 aliphatic carbocycles. The molecule has 1 fully saturated rings. The van der Waals surface area contributed by atoms with Crippen LogP contribution in [0.25, 0.3) is 22.2 Å². The quantitative estimate of drug-likeness (QED) is 0.645. The fourth-order valence-corrected chi connectivity index (χ4v) is 3.84. The Bertz CT molecular complexity index is 984. The number of benzene rings is 2. The van der Waals surface area contributed by atoms with Gasteiger partial charge in [-0.25, -0.2) is 9.37 Å². The van der Waals surface area contributed by atoms with E-state index >= 15 is 0 Å². The number of rotatable bonds is 4. The molecule has 1 unspecified atom stereocenters. The normalized spacial score (nSPS) is 15.7. The summed E-state index contributed by atoms with van der Waals surface area (Å²) in [5.74, 6) is -0.364. The lowest BCUT2D eigenvalue weighted by Crippen LogP contribution is -2.40. The zero-order chi connectivity index (χ0) is 18.8. The van der Waals surface area contributed by atoms with Crippen LogP contribution in [-0.2, 0) is 0 Å². The Hall–Kier alpha value is -2.21. The van der Waals surface area contributed by atoms with Gasteiger partial charge >= 0.3 is 0 Å². The molecule has 1 atom stereocenters. The molecule has 154 valence electrons. The second-order valence-corrected chi connectivity index (χ2v) is 6.93. The lowest BCUT2D eigenvalue weighted by atomic mass is 10.0. The van der Waals surface area contributed by atoms with Crippen LogP contribution in [0.3, 0.4) is 0 Å². The van der Waals surface area contributed by atoms with Crippen molar-refractivity contribution >= 4 is 41.6 Å². The average molecular weight is 436 g/mol. The summed E-state index contributed by atoms with van der Waals surface area (Å²) in [4.78, 5) is 19.9. The first kappa shape index (κ1) is 23.1. The summed E-state index contributed by atoms with van der Waals surface area (Å²) in [5.41, 5.74) is 2.68. The number of aromatic nitrogens is 1. The third-order valence-electron chi connectivity index (χ3n) is 5.15. The predicted molar refractivity (Wildman–Crippen MR) is 120 cm³/mol. The van der Waals surface area contributed by atoms with E-state index in [-0.39, 0.29) is 42.6 Å². The molecule has 1 amide bonds. The highest BCUT2D eigenvalue weighted by atomic mass is 35.5. The van der Waals surface area contributed by atoms with E-state index < -0.39 is 0 Å².